The number of nitrogens with two attached hydrogens (primary N) is 1. The van der Waals surface area contributed by atoms with E-state index in [0.29, 0.717) is 12.5 Å². The van der Waals surface area contributed by atoms with Gasteiger partial charge in [-0.15, -0.1) is 35.3 Å². The van der Waals surface area contributed by atoms with Gasteiger partial charge in [0.2, 0.25) is 0 Å². The summed E-state index contributed by atoms with van der Waals surface area (Å²) in [7, 11) is 0. The SMILES string of the molecule is I.NC(=NCCc1nccs1)Nc1ccc2c(c1)CCC2. The van der Waals surface area contributed by atoms with E-state index in [9.17, 15) is 0 Å². The van der Waals surface area contributed by atoms with Crippen molar-refractivity contribution in [3.8, 4) is 0 Å². The van der Waals surface area contributed by atoms with Crippen molar-refractivity contribution in [3.63, 3.8) is 0 Å². The van der Waals surface area contributed by atoms with E-state index in [-0.39, 0.29) is 24.0 Å². The zero-order chi connectivity index (χ0) is 13.8. The molecule has 112 valence electrons. The standard InChI is InChI=1S/C15H18N4S.HI/c16-15(18-7-6-14-17-8-9-20-14)19-13-5-4-11-2-1-3-12(11)10-13;/h4-5,8-10H,1-3,6-7H2,(H3,16,18,19);1H. The first kappa shape index (κ1) is 16.2. The zero-order valence-electron chi connectivity index (χ0n) is 11.7. The normalized spacial score (nSPS) is 13.6. The van der Waals surface area contributed by atoms with Gasteiger partial charge in [0.1, 0.15) is 0 Å². The molecule has 0 atom stereocenters. The molecule has 21 heavy (non-hydrogen) atoms. The lowest BCUT2D eigenvalue weighted by Crippen LogP contribution is -2.23. The Kier molecular flexibility index (Phi) is 5.98. The van der Waals surface area contributed by atoms with E-state index in [1.807, 2.05) is 11.6 Å². The Labute approximate surface area is 145 Å². The molecule has 0 saturated heterocycles. The number of nitrogens with zero attached hydrogens (tertiary/aromatic N) is 2. The van der Waals surface area contributed by atoms with Crippen molar-refractivity contribution in [2.75, 3.05) is 11.9 Å². The third-order valence-electron chi connectivity index (χ3n) is 3.46. The first-order valence-electron chi connectivity index (χ1n) is 6.88. The number of hydrogen-bond donors (Lipinski definition) is 2. The Morgan fingerprint density at radius 3 is 3.00 bits per heavy atom. The second-order valence-electron chi connectivity index (χ2n) is 4.90. The fourth-order valence-corrected chi connectivity index (χ4v) is 3.10. The Bertz CT molecular complexity index is 610. The molecular weight excluding hydrogens is 395 g/mol. The summed E-state index contributed by atoms with van der Waals surface area (Å²) in [6, 6.07) is 6.45. The molecule has 1 heterocycles. The van der Waals surface area contributed by atoms with E-state index in [0.717, 1.165) is 17.1 Å². The lowest BCUT2D eigenvalue weighted by molar-refractivity contribution is 0.912. The molecule has 0 saturated carbocycles. The Balaban J connectivity index is 0.00000161. The minimum atomic E-state index is 0. The second kappa shape index (κ2) is 7.74. The summed E-state index contributed by atoms with van der Waals surface area (Å²) in [5, 5.41) is 6.24. The van der Waals surface area contributed by atoms with Crippen molar-refractivity contribution in [3.05, 3.63) is 45.9 Å². The fourth-order valence-electron chi connectivity index (χ4n) is 2.49. The molecule has 4 nitrogen and oxygen atoms in total. The summed E-state index contributed by atoms with van der Waals surface area (Å²) < 4.78 is 0. The van der Waals surface area contributed by atoms with Gasteiger partial charge in [0.15, 0.2) is 5.96 Å². The number of fused-ring (bicyclic) bond motifs is 1. The highest BCUT2D eigenvalue weighted by Crippen LogP contribution is 2.24. The molecule has 0 fully saturated rings. The topological polar surface area (TPSA) is 63.3 Å². The quantitative estimate of drug-likeness (QED) is 0.459. The van der Waals surface area contributed by atoms with E-state index >= 15 is 0 Å². The van der Waals surface area contributed by atoms with Crippen LogP contribution in [0.1, 0.15) is 22.6 Å². The number of aliphatic imine (C=N–C) groups is 1. The first-order chi connectivity index (χ1) is 9.81. The Morgan fingerprint density at radius 1 is 1.33 bits per heavy atom. The number of anilines is 1. The van der Waals surface area contributed by atoms with Crippen LogP contribution in [0.2, 0.25) is 0 Å². The van der Waals surface area contributed by atoms with Gasteiger partial charge in [-0.3, -0.25) is 4.99 Å². The van der Waals surface area contributed by atoms with E-state index in [1.54, 1.807) is 11.3 Å². The minimum absolute atomic E-state index is 0. The van der Waals surface area contributed by atoms with E-state index in [1.165, 1.54) is 30.4 Å². The van der Waals surface area contributed by atoms with Crippen LogP contribution < -0.4 is 11.1 Å². The van der Waals surface area contributed by atoms with Crippen LogP contribution in [0.15, 0.2) is 34.8 Å². The van der Waals surface area contributed by atoms with E-state index < -0.39 is 0 Å². The van der Waals surface area contributed by atoms with Crippen LogP contribution in [0.4, 0.5) is 5.69 Å². The average Bonchev–Trinajstić information content (AvgIpc) is 3.08. The number of nitrogens with one attached hydrogen (secondary N) is 1. The van der Waals surface area contributed by atoms with Crippen LogP contribution >= 0.6 is 35.3 Å². The summed E-state index contributed by atoms with van der Waals surface area (Å²) in [6.07, 6.45) is 6.29. The molecule has 3 rings (SSSR count). The summed E-state index contributed by atoms with van der Waals surface area (Å²) in [5.74, 6) is 0.472. The summed E-state index contributed by atoms with van der Waals surface area (Å²) in [5.41, 5.74) is 9.84. The third-order valence-corrected chi connectivity index (χ3v) is 4.30. The molecule has 0 radical (unpaired) electrons. The zero-order valence-corrected chi connectivity index (χ0v) is 14.9. The minimum Gasteiger partial charge on any atom is -0.370 e. The van der Waals surface area contributed by atoms with Crippen LogP contribution in [-0.2, 0) is 19.3 Å². The molecule has 0 spiro atoms. The predicted octanol–water partition coefficient (Wildman–Crippen LogP) is 3.22. The number of benzene rings is 1. The van der Waals surface area contributed by atoms with Gasteiger partial charge in [-0.25, -0.2) is 4.98 Å². The highest BCUT2D eigenvalue weighted by atomic mass is 127. The number of aromatic nitrogens is 1. The lowest BCUT2D eigenvalue weighted by atomic mass is 10.1. The molecule has 1 aliphatic rings. The van der Waals surface area contributed by atoms with E-state index in [2.05, 4.69) is 33.5 Å². The van der Waals surface area contributed by atoms with Crippen molar-refractivity contribution < 1.29 is 0 Å². The van der Waals surface area contributed by atoms with E-state index in [4.69, 9.17) is 5.73 Å². The van der Waals surface area contributed by atoms with Gasteiger partial charge in [0.05, 0.1) is 5.01 Å². The fraction of sp³-hybridized carbons (Fsp3) is 0.333. The van der Waals surface area contributed by atoms with Crippen molar-refractivity contribution >= 4 is 47.0 Å². The van der Waals surface area contributed by atoms with Crippen LogP contribution in [0, 0.1) is 0 Å². The summed E-state index contributed by atoms with van der Waals surface area (Å²) >= 11 is 1.65. The van der Waals surface area contributed by atoms with Crippen molar-refractivity contribution in [1.29, 1.82) is 0 Å². The van der Waals surface area contributed by atoms with Gasteiger partial charge in [0, 0.05) is 30.2 Å². The van der Waals surface area contributed by atoms with Gasteiger partial charge >= 0.3 is 0 Å². The van der Waals surface area contributed by atoms with Crippen molar-refractivity contribution in [1.82, 2.24) is 4.98 Å². The number of halogens is 1. The molecule has 3 N–H and O–H groups in total. The molecule has 1 aromatic heterocycles. The van der Waals surface area contributed by atoms with Crippen LogP contribution in [0.3, 0.4) is 0 Å². The maximum Gasteiger partial charge on any atom is 0.193 e. The molecule has 0 bridgehead atoms. The first-order valence-corrected chi connectivity index (χ1v) is 7.76. The summed E-state index contributed by atoms with van der Waals surface area (Å²) in [6.45, 7) is 0.664. The molecule has 0 unspecified atom stereocenters. The average molecular weight is 414 g/mol. The van der Waals surface area contributed by atoms with Crippen LogP contribution in [0.25, 0.3) is 0 Å². The second-order valence-corrected chi connectivity index (χ2v) is 5.88. The molecule has 0 aliphatic heterocycles. The van der Waals surface area contributed by atoms with Gasteiger partial charge in [-0.1, -0.05) is 6.07 Å². The van der Waals surface area contributed by atoms with Gasteiger partial charge in [-0.2, -0.15) is 0 Å². The number of aryl methyl sites for hydroxylation is 2. The number of thiazole rings is 1. The monoisotopic (exact) mass is 414 g/mol. The van der Waals surface area contributed by atoms with Crippen molar-refractivity contribution in [2.24, 2.45) is 10.7 Å². The predicted molar refractivity (Wildman–Crippen MR) is 99.8 cm³/mol. The molecule has 2 aromatic rings. The van der Waals surface area contributed by atoms with Gasteiger partial charge < -0.3 is 11.1 Å². The molecule has 6 heteroatoms. The maximum atomic E-state index is 5.91. The Hall–Kier alpha value is -1.15. The smallest absolute Gasteiger partial charge is 0.193 e. The van der Waals surface area contributed by atoms with Crippen LogP contribution in [-0.4, -0.2) is 17.5 Å². The van der Waals surface area contributed by atoms with Crippen LogP contribution in [0.5, 0.6) is 0 Å². The molecule has 1 aliphatic carbocycles. The molecule has 1 aromatic carbocycles. The largest absolute Gasteiger partial charge is 0.370 e. The highest BCUT2D eigenvalue weighted by molar-refractivity contribution is 14.0. The third kappa shape index (κ3) is 4.41. The van der Waals surface area contributed by atoms with Crippen molar-refractivity contribution in [2.45, 2.75) is 25.7 Å². The number of guanidine groups is 1. The maximum absolute atomic E-state index is 5.91. The Morgan fingerprint density at radius 2 is 2.19 bits per heavy atom. The number of rotatable bonds is 4. The number of hydrogen-bond acceptors (Lipinski definition) is 3. The van der Waals surface area contributed by atoms with Gasteiger partial charge in [-0.05, 0) is 42.5 Å². The molecular formula is C15H19IN4S. The van der Waals surface area contributed by atoms with Gasteiger partial charge in [0.25, 0.3) is 0 Å². The highest BCUT2D eigenvalue weighted by Gasteiger charge is 2.10. The summed E-state index contributed by atoms with van der Waals surface area (Å²) in [4.78, 5) is 8.56. The lowest BCUT2D eigenvalue weighted by Gasteiger charge is -2.07. The molecule has 0 amide bonds.